The van der Waals surface area contributed by atoms with Gasteiger partial charge in [0.25, 0.3) is 5.91 Å². The Morgan fingerprint density at radius 1 is 1.23 bits per heavy atom. The lowest BCUT2D eigenvalue weighted by Crippen LogP contribution is -2.27. The molecule has 1 saturated carbocycles. The molecule has 1 aliphatic carbocycles. The zero-order valence-corrected chi connectivity index (χ0v) is 15.7. The molecule has 0 unspecified atom stereocenters. The van der Waals surface area contributed by atoms with Crippen LogP contribution in [0.4, 0.5) is 0 Å². The summed E-state index contributed by atoms with van der Waals surface area (Å²) in [5.74, 6) is -0.0398. The van der Waals surface area contributed by atoms with Crippen LogP contribution in [0.25, 0.3) is 0 Å². The van der Waals surface area contributed by atoms with Crippen molar-refractivity contribution in [2.24, 2.45) is 0 Å². The number of aromatic nitrogens is 2. The van der Waals surface area contributed by atoms with Gasteiger partial charge in [-0.25, -0.2) is 4.79 Å². The van der Waals surface area contributed by atoms with E-state index in [1.807, 2.05) is 10.7 Å². The number of esters is 1. The molecule has 6 heteroatoms. The normalized spacial score (nSPS) is 14.2. The Labute approximate surface area is 153 Å². The molecule has 0 saturated heterocycles. The fourth-order valence-electron chi connectivity index (χ4n) is 2.86. The van der Waals surface area contributed by atoms with E-state index < -0.39 is 0 Å². The Kier molecular flexibility index (Phi) is 4.85. The minimum absolute atomic E-state index is 0.153. The van der Waals surface area contributed by atoms with Crippen LogP contribution in [0.1, 0.15) is 71.6 Å². The van der Waals surface area contributed by atoms with Gasteiger partial charge in [-0.3, -0.25) is 9.48 Å². The summed E-state index contributed by atoms with van der Waals surface area (Å²) in [5.41, 5.74) is 2.84. The minimum atomic E-state index is -0.374. The molecule has 1 heterocycles. The molecule has 1 aromatic heterocycles. The van der Waals surface area contributed by atoms with Crippen molar-refractivity contribution in [1.29, 1.82) is 0 Å². The average Bonchev–Trinajstić information content (AvgIpc) is 3.36. The molecular formula is C20H25N3O3. The molecule has 1 N–H and O–H groups in total. The van der Waals surface area contributed by atoms with E-state index in [4.69, 9.17) is 0 Å². The van der Waals surface area contributed by atoms with Crippen molar-refractivity contribution in [3.05, 3.63) is 52.8 Å². The highest BCUT2D eigenvalue weighted by atomic mass is 16.5. The Hall–Kier alpha value is -2.63. The maximum Gasteiger partial charge on any atom is 0.337 e. The van der Waals surface area contributed by atoms with E-state index in [1.54, 1.807) is 24.3 Å². The van der Waals surface area contributed by atoms with Crippen molar-refractivity contribution in [1.82, 2.24) is 15.1 Å². The van der Waals surface area contributed by atoms with E-state index in [2.05, 4.69) is 35.9 Å². The van der Waals surface area contributed by atoms with E-state index in [1.165, 1.54) is 7.11 Å². The molecule has 0 radical (unpaired) electrons. The van der Waals surface area contributed by atoms with Gasteiger partial charge in [0.15, 0.2) is 0 Å². The summed E-state index contributed by atoms with van der Waals surface area (Å²) < 4.78 is 6.66. The third-order valence-electron chi connectivity index (χ3n) is 4.43. The van der Waals surface area contributed by atoms with Crippen LogP contribution in [0.3, 0.4) is 0 Å². The van der Waals surface area contributed by atoms with Crippen molar-refractivity contribution >= 4 is 11.9 Å². The summed E-state index contributed by atoms with van der Waals surface area (Å²) in [5, 5.41) is 7.45. The zero-order chi connectivity index (χ0) is 18.9. The molecule has 138 valence electrons. The minimum Gasteiger partial charge on any atom is -0.465 e. The second-order valence-corrected chi connectivity index (χ2v) is 7.68. The van der Waals surface area contributed by atoms with Crippen LogP contribution < -0.4 is 5.32 Å². The standard InChI is InChI=1S/C20H25N3O3/c1-20(2,3)23-17(14-9-10-14)11-16(22-23)18(24)21-12-13-5-7-15(8-6-13)19(25)26-4/h5-8,11,14H,9-10,12H2,1-4H3,(H,21,24). The molecule has 2 aromatic rings. The van der Waals surface area contributed by atoms with Crippen molar-refractivity contribution in [2.45, 2.75) is 51.6 Å². The first-order chi connectivity index (χ1) is 12.3. The van der Waals surface area contributed by atoms with Gasteiger partial charge < -0.3 is 10.1 Å². The van der Waals surface area contributed by atoms with Gasteiger partial charge in [-0.05, 0) is 57.4 Å². The van der Waals surface area contributed by atoms with Gasteiger partial charge in [0, 0.05) is 18.2 Å². The second kappa shape index (κ2) is 6.94. The van der Waals surface area contributed by atoms with Crippen molar-refractivity contribution in [2.75, 3.05) is 7.11 Å². The smallest absolute Gasteiger partial charge is 0.337 e. The first kappa shape index (κ1) is 18.2. The summed E-state index contributed by atoms with van der Waals surface area (Å²) in [6.07, 6.45) is 2.32. The number of hydrogen-bond acceptors (Lipinski definition) is 4. The highest BCUT2D eigenvalue weighted by molar-refractivity contribution is 5.92. The van der Waals surface area contributed by atoms with Gasteiger partial charge >= 0.3 is 5.97 Å². The van der Waals surface area contributed by atoms with Gasteiger partial charge in [-0.2, -0.15) is 5.10 Å². The molecule has 0 spiro atoms. The van der Waals surface area contributed by atoms with Crippen LogP contribution in [-0.2, 0) is 16.8 Å². The predicted molar refractivity (Wildman–Crippen MR) is 98.1 cm³/mol. The Morgan fingerprint density at radius 2 is 1.88 bits per heavy atom. The number of amides is 1. The molecule has 1 aromatic carbocycles. The molecule has 0 bridgehead atoms. The van der Waals surface area contributed by atoms with E-state index in [0.29, 0.717) is 23.7 Å². The topological polar surface area (TPSA) is 73.2 Å². The van der Waals surface area contributed by atoms with Crippen LogP contribution in [0.5, 0.6) is 0 Å². The van der Waals surface area contributed by atoms with Gasteiger partial charge in [0.2, 0.25) is 0 Å². The first-order valence-electron chi connectivity index (χ1n) is 8.85. The lowest BCUT2D eigenvalue weighted by Gasteiger charge is -2.22. The Balaban J connectivity index is 1.68. The third kappa shape index (κ3) is 3.95. The number of methoxy groups -OCH3 is 1. The summed E-state index contributed by atoms with van der Waals surface area (Å²) in [6, 6.07) is 8.89. The predicted octanol–water partition coefficient (Wildman–Crippen LogP) is 3.23. The Bertz CT molecular complexity index is 812. The summed E-state index contributed by atoms with van der Waals surface area (Å²) >= 11 is 0. The monoisotopic (exact) mass is 355 g/mol. The summed E-state index contributed by atoms with van der Waals surface area (Å²) in [4.78, 5) is 24.0. The lowest BCUT2D eigenvalue weighted by molar-refractivity contribution is 0.0600. The van der Waals surface area contributed by atoms with Gasteiger partial charge in [-0.1, -0.05) is 12.1 Å². The van der Waals surface area contributed by atoms with Crippen molar-refractivity contribution < 1.29 is 14.3 Å². The van der Waals surface area contributed by atoms with E-state index in [-0.39, 0.29) is 17.4 Å². The molecule has 26 heavy (non-hydrogen) atoms. The fourth-order valence-corrected chi connectivity index (χ4v) is 2.86. The van der Waals surface area contributed by atoms with Crippen LogP contribution >= 0.6 is 0 Å². The largest absolute Gasteiger partial charge is 0.465 e. The van der Waals surface area contributed by atoms with Crippen molar-refractivity contribution in [3.63, 3.8) is 0 Å². The van der Waals surface area contributed by atoms with Crippen LogP contribution in [0.2, 0.25) is 0 Å². The summed E-state index contributed by atoms with van der Waals surface area (Å²) in [7, 11) is 1.35. The van der Waals surface area contributed by atoms with Gasteiger partial charge in [0.05, 0.1) is 18.2 Å². The second-order valence-electron chi connectivity index (χ2n) is 7.68. The first-order valence-corrected chi connectivity index (χ1v) is 8.85. The van der Waals surface area contributed by atoms with Crippen LogP contribution in [-0.4, -0.2) is 28.8 Å². The SMILES string of the molecule is COC(=O)c1ccc(CNC(=O)c2cc(C3CC3)n(C(C)(C)C)n2)cc1. The van der Waals surface area contributed by atoms with Gasteiger partial charge in [0.1, 0.15) is 5.69 Å². The maximum atomic E-state index is 12.5. The quantitative estimate of drug-likeness (QED) is 0.836. The maximum absolute atomic E-state index is 12.5. The number of nitrogens with one attached hydrogen (secondary N) is 1. The molecule has 3 rings (SSSR count). The fraction of sp³-hybridized carbons (Fsp3) is 0.450. The molecule has 1 fully saturated rings. The number of hydrogen-bond donors (Lipinski definition) is 1. The number of rotatable bonds is 5. The molecule has 1 aliphatic rings. The number of ether oxygens (including phenoxy) is 1. The molecule has 6 nitrogen and oxygen atoms in total. The van der Waals surface area contributed by atoms with Crippen LogP contribution in [0, 0.1) is 0 Å². The molecule has 1 amide bonds. The number of carbonyl (C=O) groups excluding carboxylic acids is 2. The van der Waals surface area contributed by atoms with E-state index in [0.717, 1.165) is 24.1 Å². The summed E-state index contributed by atoms with van der Waals surface area (Å²) in [6.45, 7) is 6.66. The number of nitrogens with zero attached hydrogens (tertiary/aromatic N) is 2. The van der Waals surface area contributed by atoms with E-state index in [9.17, 15) is 9.59 Å². The lowest BCUT2D eigenvalue weighted by atomic mass is 10.1. The van der Waals surface area contributed by atoms with Gasteiger partial charge in [-0.15, -0.1) is 0 Å². The highest BCUT2D eigenvalue weighted by Crippen LogP contribution is 2.41. The average molecular weight is 355 g/mol. The van der Waals surface area contributed by atoms with Crippen LogP contribution in [0.15, 0.2) is 30.3 Å². The third-order valence-corrected chi connectivity index (χ3v) is 4.43. The highest BCUT2D eigenvalue weighted by Gasteiger charge is 2.32. The van der Waals surface area contributed by atoms with E-state index >= 15 is 0 Å². The Morgan fingerprint density at radius 3 is 2.42 bits per heavy atom. The van der Waals surface area contributed by atoms with Crippen molar-refractivity contribution in [3.8, 4) is 0 Å². The number of carbonyl (C=O) groups is 2. The zero-order valence-electron chi connectivity index (χ0n) is 15.7. The molecular weight excluding hydrogens is 330 g/mol. The number of benzene rings is 1. The molecule has 0 atom stereocenters. The molecule has 0 aliphatic heterocycles.